The van der Waals surface area contributed by atoms with Crippen LogP contribution >= 0.6 is 24.0 Å². The first-order valence-corrected chi connectivity index (χ1v) is 10.7. The van der Waals surface area contributed by atoms with Crippen molar-refractivity contribution >= 4 is 45.5 Å². The van der Waals surface area contributed by atoms with Gasteiger partial charge in [0.15, 0.2) is 15.8 Å². The molecule has 0 unspecified atom stereocenters. The van der Waals surface area contributed by atoms with Crippen molar-refractivity contribution in [3.05, 3.63) is 69.8 Å². The third-order valence-corrected chi connectivity index (χ3v) is 5.07. The summed E-state index contributed by atoms with van der Waals surface area (Å²) in [5.74, 6) is 0.613. The molecule has 0 heterocycles. The molecule has 0 aliphatic heterocycles. The molecule has 29 heavy (non-hydrogen) atoms. The highest BCUT2D eigenvalue weighted by atomic mass is 127. The van der Waals surface area contributed by atoms with Crippen molar-refractivity contribution in [1.82, 2.24) is 10.6 Å². The number of halogens is 1. The molecule has 0 amide bonds. The lowest BCUT2D eigenvalue weighted by molar-refractivity contribution is -0.384. The Bertz CT molecular complexity index is 947. The van der Waals surface area contributed by atoms with Crippen LogP contribution in [0.5, 0.6) is 0 Å². The number of non-ortho nitro benzene ring substituents is 1. The molecule has 0 aliphatic carbocycles. The molecule has 0 saturated heterocycles. The average Bonchev–Trinajstić information content (AvgIpc) is 2.66. The van der Waals surface area contributed by atoms with Crippen LogP contribution in [-0.4, -0.2) is 38.6 Å². The van der Waals surface area contributed by atoms with E-state index in [2.05, 4.69) is 15.6 Å². The fourth-order valence-electron chi connectivity index (χ4n) is 2.51. The van der Waals surface area contributed by atoms with Crippen LogP contribution in [0, 0.1) is 10.1 Å². The van der Waals surface area contributed by atoms with Gasteiger partial charge >= 0.3 is 0 Å². The number of benzene rings is 2. The van der Waals surface area contributed by atoms with Gasteiger partial charge in [-0.3, -0.25) is 10.1 Å². The molecular formula is C19H25IN4O4S. The maximum Gasteiger partial charge on any atom is 0.269 e. The van der Waals surface area contributed by atoms with Gasteiger partial charge in [0.1, 0.15) is 0 Å². The highest BCUT2D eigenvalue weighted by Crippen LogP contribution is 2.14. The Morgan fingerprint density at radius 2 is 1.79 bits per heavy atom. The average molecular weight is 532 g/mol. The van der Waals surface area contributed by atoms with E-state index in [1.165, 1.54) is 18.4 Å². The minimum absolute atomic E-state index is 0. The first-order valence-electron chi connectivity index (χ1n) is 8.84. The molecular weight excluding hydrogens is 507 g/mol. The van der Waals surface area contributed by atoms with E-state index in [9.17, 15) is 18.5 Å². The fraction of sp³-hybridized carbons (Fsp3) is 0.316. The summed E-state index contributed by atoms with van der Waals surface area (Å²) < 4.78 is 23.0. The zero-order valence-corrected chi connectivity index (χ0v) is 19.4. The van der Waals surface area contributed by atoms with Gasteiger partial charge in [-0.25, -0.2) is 13.4 Å². The van der Waals surface area contributed by atoms with Gasteiger partial charge in [0.2, 0.25) is 0 Å². The van der Waals surface area contributed by atoms with Gasteiger partial charge in [0.05, 0.1) is 16.4 Å². The lowest BCUT2D eigenvalue weighted by atomic mass is 10.1. The summed E-state index contributed by atoms with van der Waals surface area (Å²) in [7, 11) is -3.19. The number of guanidine groups is 1. The van der Waals surface area contributed by atoms with Gasteiger partial charge in [0, 0.05) is 31.5 Å². The Balaban J connectivity index is 0.00000420. The van der Waals surface area contributed by atoms with Gasteiger partial charge in [-0.1, -0.05) is 24.3 Å². The molecule has 158 valence electrons. The third-order valence-electron chi connectivity index (χ3n) is 3.94. The number of nitrogens with one attached hydrogen (secondary N) is 2. The SMILES string of the molecule is CCNC(=NCc1cccc([N+](=O)[O-])c1)NCCc1ccc(S(C)(=O)=O)cc1.I. The number of hydrogen-bond donors (Lipinski definition) is 2. The first-order chi connectivity index (χ1) is 13.3. The minimum atomic E-state index is -3.19. The molecule has 0 atom stereocenters. The third kappa shape index (κ3) is 8.36. The van der Waals surface area contributed by atoms with Gasteiger partial charge in [-0.2, -0.15) is 0 Å². The summed E-state index contributed by atoms with van der Waals surface area (Å²) in [6.07, 6.45) is 1.88. The van der Waals surface area contributed by atoms with Crippen LogP contribution in [0.15, 0.2) is 58.4 Å². The zero-order valence-electron chi connectivity index (χ0n) is 16.3. The molecule has 2 rings (SSSR count). The zero-order chi connectivity index (χ0) is 20.6. The number of sulfone groups is 1. The normalized spacial score (nSPS) is 11.4. The highest BCUT2D eigenvalue weighted by molar-refractivity contribution is 14.0. The number of rotatable bonds is 8. The van der Waals surface area contributed by atoms with Crippen LogP contribution in [0.25, 0.3) is 0 Å². The summed E-state index contributed by atoms with van der Waals surface area (Å²) in [5.41, 5.74) is 1.81. The van der Waals surface area contributed by atoms with Crippen LogP contribution in [0.1, 0.15) is 18.1 Å². The van der Waals surface area contributed by atoms with E-state index in [-0.39, 0.29) is 29.7 Å². The molecule has 0 aromatic heterocycles. The standard InChI is InChI=1S/C19H24N4O4S.HI/c1-3-20-19(22-14-16-5-4-6-17(13-16)23(24)25)21-12-11-15-7-9-18(10-8-15)28(2,26)27;/h4-10,13H,3,11-12,14H2,1-2H3,(H2,20,21,22);1H. The molecule has 2 aromatic carbocycles. The van der Waals surface area contributed by atoms with Crippen molar-refractivity contribution in [2.24, 2.45) is 4.99 Å². The highest BCUT2D eigenvalue weighted by Gasteiger charge is 2.07. The predicted octanol–water partition coefficient (Wildman–Crippen LogP) is 2.91. The lowest BCUT2D eigenvalue weighted by Gasteiger charge is -2.11. The molecule has 8 nitrogen and oxygen atoms in total. The number of nitro groups is 1. The number of aliphatic imine (C=N–C) groups is 1. The summed E-state index contributed by atoms with van der Waals surface area (Å²) in [5, 5.41) is 17.2. The molecule has 10 heteroatoms. The molecule has 0 spiro atoms. The predicted molar refractivity (Wildman–Crippen MR) is 125 cm³/mol. The largest absolute Gasteiger partial charge is 0.357 e. The van der Waals surface area contributed by atoms with Crippen molar-refractivity contribution in [3.8, 4) is 0 Å². The smallest absolute Gasteiger partial charge is 0.269 e. The van der Waals surface area contributed by atoms with Crippen molar-refractivity contribution < 1.29 is 13.3 Å². The van der Waals surface area contributed by atoms with Crippen LogP contribution in [0.3, 0.4) is 0 Å². The van der Waals surface area contributed by atoms with Gasteiger partial charge in [0.25, 0.3) is 5.69 Å². The van der Waals surface area contributed by atoms with E-state index in [1.54, 1.807) is 36.4 Å². The molecule has 0 fully saturated rings. The van der Waals surface area contributed by atoms with Crippen LogP contribution in [-0.2, 0) is 22.8 Å². The quantitative estimate of drug-likeness (QED) is 0.178. The Hall–Kier alpha value is -2.21. The van der Waals surface area contributed by atoms with E-state index in [1.807, 2.05) is 6.92 Å². The number of hydrogen-bond acceptors (Lipinski definition) is 5. The maximum absolute atomic E-state index is 11.5. The molecule has 0 saturated carbocycles. The van der Waals surface area contributed by atoms with Gasteiger partial charge in [-0.05, 0) is 36.6 Å². The second-order valence-corrected chi connectivity index (χ2v) is 8.23. The molecule has 0 radical (unpaired) electrons. The Labute approximate surface area is 187 Å². The molecule has 2 aromatic rings. The molecule has 0 bridgehead atoms. The van der Waals surface area contributed by atoms with Crippen molar-refractivity contribution in [2.75, 3.05) is 19.3 Å². The number of nitrogens with zero attached hydrogens (tertiary/aromatic N) is 2. The Morgan fingerprint density at radius 1 is 1.10 bits per heavy atom. The van der Waals surface area contributed by atoms with Crippen LogP contribution < -0.4 is 10.6 Å². The summed E-state index contributed by atoms with van der Waals surface area (Å²) in [6.45, 7) is 3.57. The van der Waals surface area contributed by atoms with Crippen molar-refractivity contribution in [3.63, 3.8) is 0 Å². The topological polar surface area (TPSA) is 114 Å². The van der Waals surface area contributed by atoms with E-state index in [0.29, 0.717) is 36.9 Å². The number of nitro benzene ring substituents is 1. The van der Waals surface area contributed by atoms with Crippen LogP contribution in [0.4, 0.5) is 5.69 Å². The summed E-state index contributed by atoms with van der Waals surface area (Å²) >= 11 is 0. The van der Waals surface area contributed by atoms with Crippen molar-refractivity contribution in [2.45, 2.75) is 24.8 Å². The van der Waals surface area contributed by atoms with E-state index in [0.717, 1.165) is 11.1 Å². The Kier molecular flexibility index (Phi) is 10.0. The Morgan fingerprint density at radius 3 is 2.38 bits per heavy atom. The van der Waals surface area contributed by atoms with Gasteiger partial charge in [-0.15, -0.1) is 24.0 Å². The van der Waals surface area contributed by atoms with Crippen LogP contribution in [0.2, 0.25) is 0 Å². The van der Waals surface area contributed by atoms with E-state index in [4.69, 9.17) is 0 Å². The van der Waals surface area contributed by atoms with E-state index < -0.39 is 14.8 Å². The van der Waals surface area contributed by atoms with Crippen molar-refractivity contribution in [1.29, 1.82) is 0 Å². The fourth-order valence-corrected chi connectivity index (χ4v) is 3.14. The maximum atomic E-state index is 11.5. The molecule has 0 aliphatic rings. The lowest BCUT2D eigenvalue weighted by Crippen LogP contribution is -2.38. The molecule has 2 N–H and O–H groups in total. The minimum Gasteiger partial charge on any atom is -0.357 e. The summed E-state index contributed by atoms with van der Waals surface area (Å²) in [4.78, 5) is 15.2. The second-order valence-electron chi connectivity index (χ2n) is 6.22. The van der Waals surface area contributed by atoms with Gasteiger partial charge < -0.3 is 10.6 Å². The summed E-state index contributed by atoms with van der Waals surface area (Å²) in [6, 6.07) is 13.2. The first kappa shape index (κ1) is 24.8. The monoisotopic (exact) mass is 532 g/mol. The van der Waals surface area contributed by atoms with E-state index >= 15 is 0 Å². The second kappa shape index (κ2) is 11.7.